The van der Waals surface area contributed by atoms with Crippen molar-refractivity contribution in [1.29, 1.82) is 0 Å². The van der Waals surface area contributed by atoms with Crippen molar-refractivity contribution in [2.45, 2.75) is 64.6 Å². The van der Waals surface area contributed by atoms with Crippen molar-refractivity contribution >= 4 is 27.7 Å². The number of nitrogens with zero attached hydrogens (tertiary/aromatic N) is 1. The minimum Gasteiger partial charge on any atom is -0.352 e. The summed E-state index contributed by atoms with van der Waals surface area (Å²) in [6.45, 7) is 4.10. The first-order chi connectivity index (χ1) is 11.0. The molecule has 1 aromatic rings. The lowest BCUT2D eigenvalue weighted by Gasteiger charge is -2.29. The van der Waals surface area contributed by atoms with Crippen LogP contribution in [0.3, 0.4) is 0 Å². The van der Waals surface area contributed by atoms with E-state index in [2.05, 4.69) is 21.2 Å². The van der Waals surface area contributed by atoms with E-state index < -0.39 is 6.04 Å². The van der Waals surface area contributed by atoms with E-state index in [1.54, 1.807) is 4.90 Å². The Morgan fingerprint density at radius 1 is 1.35 bits per heavy atom. The molecule has 5 heteroatoms. The molecule has 0 bridgehead atoms. The zero-order valence-corrected chi connectivity index (χ0v) is 15.4. The number of carbonyl (C=O) groups is 2. The van der Waals surface area contributed by atoms with E-state index >= 15 is 0 Å². The van der Waals surface area contributed by atoms with E-state index in [1.165, 1.54) is 12.8 Å². The second kappa shape index (κ2) is 8.48. The lowest BCUT2D eigenvalue weighted by atomic mass is 10.1. The van der Waals surface area contributed by atoms with Gasteiger partial charge in [-0.2, -0.15) is 0 Å². The van der Waals surface area contributed by atoms with Gasteiger partial charge in [-0.1, -0.05) is 47.8 Å². The van der Waals surface area contributed by atoms with Gasteiger partial charge in [-0.3, -0.25) is 9.59 Å². The molecule has 1 saturated carbocycles. The molecule has 0 saturated heterocycles. The first-order valence-corrected chi connectivity index (χ1v) is 9.15. The predicted octanol–water partition coefficient (Wildman–Crippen LogP) is 3.64. The zero-order valence-electron chi connectivity index (χ0n) is 13.8. The Bertz CT molecular complexity index is 556. The lowest BCUT2D eigenvalue weighted by molar-refractivity contribution is -0.140. The number of hydrogen-bond donors (Lipinski definition) is 1. The van der Waals surface area contributed by atoms with E-state index in [-0.39, 0.29) is 17.9 Å². The summed E-state index contributed by atoms with van der Waals surface area (Å²) in [6.07, 6.45) is 4.84. The van der Waals surface area contributed by atoms with Crippen LogP contribution in [-0.4, -0.2) is 28.8 Å². The Kier molecular flexibility index (Phi) is 6.63. The van der Waals surface area contributed by atoms with Gasteiger partial charge in [0.15, 0.2) is 0 Å². The van der Waals surface area contributed by atoms with Gasteiger partial charge in [0.2, 0.25) is 11.8 Å². The maximum absolute atomic E-state index is 12.5. The molecule has 0 aromatic heterocycles. The van der Waals surface area contributed by atoms with Gasteiger partial charge in [0, 0.05) is 23.5 Å². The lowest BCUT2D eigenvalue weighted by Crippen LogP contribution is -2.49. The second-order valence-electron chi connectivity index (χ2n) is 6.17. The van der Waals surface area contributed by atoms with Gasteiger partial charge >= 0.3 is 0 Å². The van der Waals surface area contributed by atoms with Crippen LogP contribution in [0.2, 0.25) is 0 Å². The number of rotatable bonds is 6. The van der Waals surface area contributed by atoms with E-state index in [4.69, 9.17) is 0 Å². The Labute approximate surface area is 146 Å². The smallest absolute Gasteiger partial charge is 0.242 e. The average molecular weight is 381 g/mol. The molecule has 1 aliphatic rings. The molecule has 2 amide bonds. The standard InChI is InChI=1S/C18H25BrN2O2/c1-3-17(22)21(12-14-7-6-8-15(19)11-14)13(2)18(23)20-16-9-4-5-10-16/h6-8,11,13,16H,3-5,9-10,12H2,1-2H3,(H,20,23)/t13-/m1/s1. The monoisotopic (exact) mass is 380 g/mol. The van der Waals surface area contributed by atoms with Crippen LogP contribution in [0.5, 0.6) is 0 Å². The Hall–Kier alpha value is -1.36. The molecule has 1 aliphatic carbocycles. The fourth-order valence-corrected chi connectivity index (χ4v) is 3.46. The first-order valence-electron chi connectivity index (χ1n) is 8.35. The SMILES string of the molecule is CCC(=O)N(Cc1cccc(Br)c1)[C@H](C)C(=O)NC1CCCC1. The molecule has 23 heavy (non-hydrogen) atoms. The molecule has 1 N–H and O–H groups in total. The summed E-state index contributed by atoms with van der Waals surface area (Å²) < 4.78 is 0.974. The van der Waals surface area contributed by atoms with Crippen LogP contribution in [0.15, 0.2) is 28.7 Å². The second-order valence-corrected chi connectivity index (χ2v) is 7.09. The normalized spacial score (nSPS) is 16.1. The third-order valence-corrected chi connectivity index (χ3v) is 4.91. The van der Waals surface area contributed by atoms with E-state index in [1.807, 2.05) is 38.1 Å². The third kappa shape index (κ3) is 5.06. The van der Waals surface area contributed by atoms with E-state index in [0.29, 0.717) is 13.0 Å². The van der Waals surface area contributed by atoms with Crippen LogP contribution < -0.4 is 5.32 Å². The number of carbonyl (C=O) groups excluding carboxylic acids is 2. The molecule has 0 unspecified atom stereocenters. The quantitative estimate of drug-likeness (QED) is 0.818. The highest BCUT2D eigenvalue weighted by atomic mass is 79.9. The van der Waals surface area contributed by atoms with Crippen molar-refractivity contribution < 1.29 is 9.59 Å². The fraction of sp³-hybridized carbons (Fsp3) is 0.556. The highest BCUT2D eigenvalue weighted by Gasteiger charge is 2.27. The van der Waals surface area contributed by atoms with Crippen LogP contribution in [-0.2, 0) is 16.1 Å². The number of hydrogen-bond acceptors (Lipinski definition) is 2. The molecule has 126 valence electrons. The maximum atomic E-state index is 12.5. The first kappa shape index (κ1) is 18.0. The van der Waals surface area contributed by atoms with Crippen LogP contribution in [0.25, 0.3) is 0 Å². The summed E-state index contributed by atoms with van der Waals surface area (Å²) in [5, 5.41) is 3.09. The molecule has 0 spiro atoms. The average Bonchev–Trinajstić information content (AvgIpc) is 3.04. The predicted molar refractivity (Wildman–Crippen MR) is 94.8 cm³/mol. The third-order valence-electron chi connectivity index (χ3n) is 4.41. The summed E-state index contributed by atoms with van der Waals surface area (Å²) in [5.74, 6) is -0.0484. The largest absolute Gasteiger partial charge is 0.352 e. The minimum atomic E-state index is -0.456. The van der Waals surface area contributed by atoms with Crippen LogP contribution in [0, 0.1) is 0 Å². The molecule has 4 nitrogen and oxygen atoms in total. The number of halogens is 1. The molecule has 2 rings (SSSR count). The number of nitrogens with one attached hydrogen (secondary N) is 1. The highest BCUT2D eigenvalue weighted by Crippen LogP contribution is 2.19. The van der Waals surface area contributed by atoms with Gasteiger partial charge in [0.1, 0.15) is 6.04 Å². The van der Waals surface area contributed by atoms with Gasteiger partial charge in [-0.05, 0) is 37.5 Å². The van der Waals surface area contributed by atoms with Crippen LogP contribution in [0.1, 0.15) is 51.5 Å². The summed E-state index contributed by atoms with van der Waals surface area (Å²) >= 11 is 3.45. The van der Waals surface area contributed by atoms with Gasteiger partial charge in [0.05, 0.1) is 0 Å². The molecular formula is C18H25BrN2O2. The minimum absolute atomic E-state index is 0.000882. The van der Waals surface area contributed by atoms with Crippen molar-refractivity contribution in [2.24, 2.45) is 0 Å². The molecule has 1 fully saturated rings. The van der Waals surface area contributed by atoms with Gasteiger partial charge in [-0.15, -0.1) is 0 Å². The zero-order chi connectivity index (χ0) is 16.8. The number of benzene rings is 1. The molecule has 0 radical (unpaired) electrons. The van der Waals surface area contributed by atoms with Crippen molar-refractivity contribution in [3.63, 3.8) is 0 Å². The van der Waals surface area contributed by atoms with Crippen molar-refractivity contribution in [3.05, 3.63) is 34.3 Å². The van der Waals surface area contributed by atoms with Crippen LogP contribution in [0.4, 0.5) is 0 Å². The molecular weight excluding hydrogens is 356 g/mol. The number of amides is 2. The van der Waals surface area contributed by atoms with Crippen LogP contribution >= 0.6 is 15.9 Å². The Morgan fingerprint density at radius 3 is 2.65 bits per heavy atom. The molecule has 0 aliphatic heterocycles. The van der Waals surface area contributed by atoms with Gasteiger partial charge < -0.3 is 10.2 Å². The molecule has 1 aromatic carbocycles. The summed E-state index contributed by atoms with van der Waals surface area (Å²) in [5.41, 5.74) is 1.02. The topological polar surface area (TPSA) is 49.4 Å². The molecule has 1 atom stereocenters. The highest BCUT2D eigenvalue weighted by molar-refractivity contribution is 9.10. The molecule has 0 heterocycles. The van der Waals surface area contributed by atoms with Crippen molar-refractivity contribution in [3.8, 4) is 0 Å². The summed E-state index contributed by atoms with van der Waals surface area (Å²) in [4.78, 5) is 26.5. The van der Waals surface area contributed by atoms with E-state index in [9.17, 15) is 9.59 Å². The maximum Gasteiger partial charge on any atom is 0.242 e. The van der Waals surface area contributed by atoms with E-state index in [0.717, 1.165) is 22.9 Å². The summed E-state index contributed by atoms with van der Waals surface area (Å²) in [7, 11) is 0. The van der Waals surface area contributed by atoms with Gasteiger partial charge in [-0.25, -0.2) is 0 Å². The Balaban J connectivity index is 2.06. The van der Waals surface area contributed by atoms with Gasteiger partial charge in [0.25, 0.3) is 0 Å². The Morgan fingerprint density at radius 2 is 2.04 bits per heavy atom. The van der Waals surface area contributed by atoms with Crippen molar-refractivity contribution in [2.75, 3.05) is 0 Å². The van der Waals surface area contributed by atoms with Crippen molar-refractivity contribution in [1.82, 2.24) is 10.2 Å². The fourth-order valence-electron chi connectivity index (χ4n) is 3.01. The summed E-state index contributed by atoms with van der Waals surface area (Å²) in [6, 6.07) is 7.67.